The molecule has 0 radical (unpaired) electrons. The molecule has 0 rings (SSSR count). The van der Waals surface area contributed by atoms with Gasteiger partial charge in [-0.25, -0.2) is 4.79 Å². The van der Waals surface area contributed by atoms with Gasteiger partial charge in [0.2, 0.25) is 0 Å². The number of hydrogen-bond donors (Lipinski definition) is 1. The molecule has 0 spiro atoms. The number of Topliss-reactive ketones (excluding diaryl/α,β-unsaturated/α-hetero) is 3. The van der Waals surface area contributed by atoms with Gasteiger partial charge in [-0.05, 0) is 13.8 Å². The Morgan fingerprint density at radius 3 is 1.38 bits per heavy atom. The molecule has 0 saturated heterocycles. The van der Waals surface area contributed by atoms with E-state index in [1.807, 2.05) is 0 Å². The summed E-state index contributed by atoms with van der Waals surface area (Å²) in [6.07, 6.45) is 0. The van der Waals surface area contributed by atoms with Crippen molar-refractivity contribution in [1.29, 1.82) is 0 Å². The van der Waals surface area contributed by atoms with Crippen LogP contribution in [0.4, 0.5) is 0 Å². The van der Waals surface area contributed by atoms with Crippen molar-refractivity contribution in [3.63, 3.8) is 0 Å². The Kier molecular flexibility index (Phi) is 6.46. The van der Waals surface area contributed by atoms with Crippen LogP contribution in [-0.4, -0.2) is 28.4 Å². The normalized spacial score (nSPS) is 8.85. The summed E-state index contributed by atoms with van der Waals surface area (Å²) in [5, 5.41) is 8.20. The minimum absolute atomic E-state index is 0. The predicted octanol–water partition coefficient (Wildman–Crippen LogP) is -0.568. The smallest absolute Gasteiger partial charge is 0.373 e. The monoisotopic (exact) mass is 278 g/mol. The molecule has 0 aliphatic rings. The van der Waals surface area contributed by atoms with Crippen molar-refractivity contribution in [2.24, 2.45) is 5.92 Å². The first-order chi connectivity index (χ1) is 5.37. The molecule has 6 heteroatoms. The van der Waals surface area contributed by atoms with E-state index in [9.17, 15) is 19.2 Å². The Morgan fingerprint density at radius 2 is 1.31 bits per heavy atom. The Balaban J connectivity index is 0. The standard InChI is InChI=1S/C7H8O5.Pd/c1-3(8)5(4(2)9)6(10)7(11)12;/h5H,1-2H3,(H,11,12);. The third kappa shape index (κ3) is 4.06. The van der Waals surface area contributed by atoms with Gasteiger partial charge in [0.1, 0.15) is 17.5 Å². The van der Waals surface area contributed by atoms with E-state index in [0.717, 1.165) is 13.8 Å². The van der Waals surface area contributed by atoms with Gasteiger partial charge in [-0.2, -0.15) is 0 Å². The average molecular weight is 279 g/mol. The Morgan fingerprint density at radius 1 is 1.00 bits per heavy atom. The third-order valence-corrected chi connectivity index (χ3v) is 1.29. The van der Waals surface area contributed by atoms with Gasteiger partial charge in [0, 0.05) is 20.4 Å². The summed E-state index contributed by atoms with van der Waals surface area (Å²) in [5.74, 6) is -6.24. The fourth-order valence-electron chi connectivity index (χ4n) is 0.779. The van der Waals surface area contributed by atoms with E-state index in [-0.39, 0.29) is 20.4 Å². The van der Waals surface area contributed by atoms with Crippen molar-refractivity contribution in [3.8, 4) is 0 Å². The summed E-state index contributed by atoms with van der Waals surface area (Å²) >= 11 is 0. The van der Waals surface area contributed by atoms with E-state index >= 15 is 0 Å². The molecular formula is C7H8O5Pd. The molecule has 0 atom stereocenters. The molecule has 0 fully saturated rings. The molecule has 76 valence electrons. The van der Waals surface area contributed by atoms with Gasteiger partial charge in [-0.15, -0.1) is 0 Å². The maximum Gasteiger partial charge on any atom is 0.373 e. The zero-order valence-electron chi connectivity index (χ0n) is 6.97. The minimum atomic E-state index is -1.76. The molecule has 0 aliphatic heterocycles. The summed E-state index contributed by atoms with van der Waals surface area (Å²) in [6.45, 7) is 2.01. The summed E-state index contributed by atoms with van der Waals surface area (Å²) in [4.78, 5) is 42.0. The summed E-state index contributed by atoms with van der Waals surface area (Å²) in [7, 11) is 0. The number of carboxylic acids is 1. The quantitative estimate of drug-likeness (QED) is 0.423. The van der Waals surface area contributed by atoms with Gasteiger partial charge >= 0.3 is 5.97 Å². The zero-order valence-corrected chi connectivity index (χ0v) is 8.53. The molecule has 5 nitrogen and oxygen atoms in total. The number of ketones is 3. The van der Waals surface area contributed by atoms with Gasteiger partial charge in [-0.3, -0.25) is 14.4 Å². The van der Waals surface area contributed by atoms with E-state index in [0.29, 0.717) is 0 Å². The third-order valence-electron chi connectivity index (χ3n) is 1.29. The SMILES string of the molecule is CC(=O)C(C(C)=O)C(=O)C(=O)O.[Pd]. The second-order valence-corrected chi connectivity index (χ2v) is 2.32. The molecule has 1 N–H and O–H groups in total. The fraction of sp³-hybridized carbons (Fsp3) is 0.429. The van der Waals surface area contributed by atoms with Crippen LogP contribution in [0, 0.1) is 5.92 Å². The second-order valence-electron chi connectivity index (χ2n) is 2.32. The van der Waals surface area contributed by atoms with Crippen LogP contribution in [0.1, 0.15) is 13.8 Å². The van der Waals surface area contributed by atoms with Crippen molar-refractivity contribution in [3.05, 3.63) is 0 Å². The van der Waals surface area contributed by atoms with Gasteiger partial charge in [0.15, 0.2) is 0 Å². The predicted molar refractivity (Wildman–Crippen MR) is 37.5 cm³/mol. The number of carbonyl (C=O) groups excluding carboxylic acids is 3. The van der Waals surface area contributed by atoms with Gasteiger partial charge < -0.3 is 5.11 Å². The van der Waals surface area contributed by atoms with Crippen LogP contribution in [0.25, 0.3) is 0 Å². The molecular weight excluding hydrogens is 270 g/mol. The van der Waals surface area contributed by atoms with Crippen LogP contribution in [0.5, 0.6) is 0 Å². The zero-order chi connectivity index (χ0) is 9.89. The van der Waals surface area contributed by atoms with Crippen LogP contribution in [0.3, 0.4) is 0 Å². The topological polar surface area (TPSA) is 88.5 Å². The van der Waals surface area contributed by atoms with Crippen molar-refractivity contribution in [1.82, 2.24) is 0 Å². The molecule has 0 saturated carbocycles. The molecule has 0 bridgehead atoms. The Labute approximate surface area is 88.1 Å². The molecule has 0 aromatic heterocycles. The van der Waals surface area contributed by atoms with Crippen LogP contribution in [0.15, 0.2) is 0 Å². The number of carbonyl (C=O) groups is 4. The van der Waals surface area contributed by atoms with Crippen molar-refractivity contribution in [2.45, 2.75) is 13.8 Å². The number of hydrogen-bond acceptors (Lipinski definition) is 4. The fourth-order valence-corrected chi connectivity index (χ4v) is 0.779. The second kappa shape index (κ2) is 5.73. The van der Waals surface area contributed by atoms with Crippen LogP contribution < -0.4 is 0 Å². The van der Waals surface area contributed by atoms with Crippen LogP contribution >= 0.6 is 0 Å². The largest absolute Gasteiger partial charge is 0.475 e. The average Bonchev–Trinajstić information content (AvgIpc) is 1.85. The minimum Gasteiger partial charge on any atom is -0.475 e. The maximum absolute atomic E-state index is 10.7. The van der Waals surface area contributed by atoms with Crippen molar-refractivity contribution < 1.29 is 44.7 Å². The van der Waals surface area contributed by atoms with Crippen LogP contribution in [-0.2, 0) is 39.6 Å². The molecule has 13 heavy (non-hydrogen) atoms. The summed E-state index contributed by atoms with van der Waals surface area (Å²) < 4.78 is 0. The van der Waals surface area contributed by atoms with Crippen molar-refractivity contribution in [2.75, 3.05) is 0 Å². The van der Waals surface area contributed by atoms with E-state index in [1.165, 1.54) is 0 Å². The summed E-state index contributed by atoms with van der Waals surface area (Å²) in [6, 6.07) is 0. The van der Waals surface area contributed by atoms with E-state index in [2.05, 4.69) is 0 Å². The molecule has 0 heterocycles. The van der Waals surface area contributed by atoms with Gasteiger partial charge in [0.05, 0.1) is 0 Å². The van der Waals surface area contributed by atoms with Crippen LogP contribution in [0.2, 0.25) is 0 Å². The molecule has 0 unspecified atom stereocenters. The van der Waals surface area contributed by atoms with E-state index in [4.69, 9.17) is 5.11 Å². The maximum atomic E-state index is 10.7. The molecule has 0 aromatic carbocycles. The number of carboxylic acid groups (broad SMARTS) is 1. The van der Waals surface area contributed by atoms with Crippen molar-refractivity contribution >= 4 is 23.3 Å². The van der Waals surface area contributed by atoms with Gasteiger partial charge in [-0.1, -0.05) is 0 Å². The molecule has 0 aromatic rings. The van der Waals surface area contributed by atoms with E-state index in [1.54, 1.807) is 0 Å². The Hall–Kier alpha value is -0.858. The first-order valence-corrected chi connectivity index (χ1v) is 3.16. The van der Waals surface area contributed by atoms with Gasteiger partial charge in [0.25, 0.3) is 5.78 Å². The first kappa shape index (κ1) is 14.7. The number of aliphatic carboxylic acids is 1. The molecule has 0 aliphatic carbocycles. The number of rotatable bonds is 4. The first-order valence-electron chi connectivity index (χ1n) is 3.16. The molecule has 0 amide bonds. The summed E-state index contributed by atoms with van der Waals surface area (Å²) in [5.41, 5.74) is 0. The Bertz CT molecular complexity index is 244. The van der Waals surface area contributed by atoms with E-state index < -0.39 is 29.2 Å².